The van der Waals surface area contributed by atoms with E-state index in [-0.39, 0.29) is 5.91 Å². The first-order chi connectivity index (χ1) is 14.2. The molecule has 0 atom stereocenters. The van der Waals surface area contributed by atoms with Crippen LogP contribution < -0.4 is 10.6 Å². The summed E-state index contributed by atoms with van der Waals surface area (Å²) in [7, 11) is 0. The van der Waals surface area contributed by atoms with Crippen LogP contribution in [0.5, 0.6) is 0 Å². The molecule has 1 aromatic carbocycles. The van der Waals surface area contributed by atoms with E-state index in [1.54, 1.807) is 20.8 Å². The molecule has 158 valence electrons. The maximum Gasteiger partial charge on any atom is 0.413 e. The van der Waals surface area contributed by atoms with Gasteiger partial charge in [0.25, 0.3) is 0 Å². The number of nitrogens with zero attached hydrogens (tertiary/aromatic N) is 2. The van der Waals surface area contributed by atoms with Crippen molar-refractivity contribution in [2.24, 2.45) is 0 Å². The van der Waals surface area contributed by atoms with E-state index in [1.165, 1.54) is 11.3 Å². The molecule has 2 amide bonds. The van der Waals surface area contributed by atoms with Gasteiger partial charge in [0.15, 0.2) is 5.13 Å². The lowest BCUT2D eigenvalue weighted by molar-refractivity contribution is -0.116. The van der Waals surface area contributed by atoms with Crippen molar-refractivity contribution < 1.29 is 14.3 Å². The fourth-order valence-electron chi connectivity index (χ4n) is 2.60. The molecule has 3 rings (SSSR count). The van der Waals surface area contributed by atoms with Crippen LogP contribution in [0.3, 0.4) is 0 Å². The minimum Gasteiger partial charge on any atom is -0.444 e. The molecule has 3 aromatic rings. The lowest BCUT2D eigenvalue weighted by Gasteiger charge is -2.18. The van der Waals surface area contributed by atoms with Crippen molar-refractivity contribution >= 4 is 56.1 Å². The summed E-state index contributed by atoms with van der Waals surface area (Å²) in [4.78, 5) is 33.5. The fourth-order valence-corrected chi connectivity index (χ4v) is 3.55. The fraction of sp³-hybridized carbons (Fsp3) is 0.333. The summed E-state index contributed by atoms with van der Waals surface area (Å²) in [5.41, 5.74) is 2.52. The minimum atomic E-state index is -0.581. The number of hydrogen-bond donors (Lipinski definition) is 2. The van der Waals surface area contributed by atoms with Crippen molar-refractivity contribution in [3.05, 3.63) is 36.4 Å². The van der Waals surface area contributed by atoms with Crippen LogP contribution in [0.25, 0.3) is 21.6 Å². The Bertz CT molecular complexity index is 1040. The van der Waals surface area contributed by atoms with Crippen LogP contribution >= 0.6 is 22.9 Å². The highest BCUT2D eigenvalue weighted by Crippen LogP contribution is 2.28. The topological polar surface area (TPSA) is 93.2 Å². The lowest BCUT2D eigenvalue weighted by atomic mass is 10.1. The quantitative estimate of drug-likeness (QED) is 0.476. The summed E-state index contributed by atoms with van der Waals surface area (Å²) >= 11 is 6.89. The van der Waals surface area contributed by atoms with Gasteiger partial charge in [-0.15, -0.1) is 11.6 Å². The van der Waals surface area contributed by atoms with Crippen molar-refractivity contribution in [2.45, 2.75) is 39.2 Å². The Morgan fingerprint density at radius 3 is 2.47 bits per heavy atom. The summed E-state index contributed by atoms with van der Waals surface area (Å²) in [5, 5.41) is 5.92. The number of rotatable bonds is 6. The second kappa shape index (κ2) is 9.40. The monoisotopic (exact) mass is 446 g/mol. The molecule has 0 aliphatic heterocycles. The summed E-state index contributed by atoms with van der Waals surface area (Å²) in [6.45, 7) is 5.40. The SMILES string of the molecule is CC(C)(C)OC(=O)Nc1nc2ccc(-c3ccc(NC(=O)CCCCl)cc3)nc2s1. The summed E-state index contributed by atoms with van der Waals surface area (Å²) < 4.78 is 5.25. The first-order valence-electron chi connectivity index (χ1n) is 9.47. The number of fused-ring (bicyclic) bond motifs is 1. The number of aromatic nitrogens is 2. The van der Waals surface area contributed by atoms with Gasteiger partial charge in [-0.05, 0) is 51.5 Å². The number of thiazole rings is 1. The number of alkyl halides is 1. The smallest absolute Gasteiger partial charge is 0.413 e. The average molecular weight is 447 g/mol. The zero-order valence-corrected chi connectivity index (χ0v) is 18.6. The van der Waals surface area contributed by atoms with Gasteiger partial charge >= 0.3 is 6.09 Å². The van der Waals surface area contributed by atoms with Gasteiger partial charge < -0.3 is 10.1 Å². The van der Waals surface area contributed by atoms with Crippen molar-refractivity contribution in [2.75, 3.05) is 16.5 Å². The van der Waals surface area contributed by atoms with Gasteiger partial charge in [-0.3, -0.25) is 10.1 Å². The third-order valence-electron chi connectivity index (χ3n) is 3.87. The van der Waals surface area contributed by atoms with Crippen LogP contribution in [-0.4, -0.2) is 33.4 Å². The molecule has 0 bridgehead atoms. The van der Waals surface area contributed by atoms with Crippen LogP contribution in [0.2, 0.25) is 0 Å². The molecular formula is C21H23ClN4O3S. The molecule has 2 N–H and O–H groups in total. The number of hydrogen-bond acceptors (Lipinski definition) is 6. The van der Waals surface area contributed by atoms with Crippen LogP contribution in [-0.2, 0) is 9.53 Å². The Morgan fingerprint density at radius 1 is 1.07 bits per heavy atom. The van der Waals surface area contributed by atoms with E-state index >= 15 is 0 Å². The largest absolute Gasteiger partial charge is 0.444 e. The van der Waals surface area contributed by atoms with Gasteiger partial charge in [-0.1, -0.05) is 23.5 Å². The second-order valence-corrected chi connectivity index (χ2v) is 8.94. The maximum atomic E-state index is 11.9. The highest BCUT2D eigenvalue weighted by molar-refractivity contribution is 7.21. The molecule has 7 nitrogen and oxygen atoms in total. The summed E-state index contributed by atoms with van der Waals surface area (Å²) in [6.07, 6.45) is 0.495. The normalized spacial score (nSPS) is 11.3. The zero-order valence-electron chi connectivity index (χ0n) is 17.0. The van der Waals surface area contributed by atoms with Crippen molar-refractivity contribution in [1.82, 2.24) is 9.97 Å². The first kappa shape index (κ1) is 22.0. The number of carbonyl (C=O) groups is 2. The molecule has 0 aliphatic carbocycles. The van der Waals surface area contributed by atoms with Gasteiger partial charge in [-0.2, -0.15) is 0 Å². The van der Waals surface area contributed by atoms with E-state index in [9.17, 15) is 9.59 Å². The molecule has 0 radical (unpaired) electrons. The van der Waals surface area contributed by atoms with Crippen LogP contribution in [0.1, 0.15) is 33.6 Å². The molecule has 0 fully saturated rings. The van der Waals surface area contributed by atoms with Gasteiger partial charge in [0.05, 0.1) is 5.69 Å². The number of nitrogens with one attached hydrogen (secondary N) is 2. The van der Waals surface area contributed by atoms with Gasteiger partial charge in [0.1, 0.15) is 15.9 Å². The maximum absolute atomic E-state index is 11.9. The molecule has 2 aromatic heterocycles. The molecule has 0 aliphatic rings. The minimum absolute atomic E-state index is 0.0578. The Balaban J connectivity index is 1.71. The van der Waals surface area contributed by atoms with E-state index in [0.717, 1.165) is 16.9 Å². The zero-order chi connectivity index (χ0) is 21.7. The highest BCUT2D eigenvalue weighted by Gasteiger charge is 2.18. The molecule has 2 heterocycles. The molecule has 0 saturated carbocycles. The standard InChI is InChI=1S/C21H23ClN4O3S/c1-21(2,3)29-20(28)26-19-25-16-11-10-15(24-18(16)30-19)13-6-8-14(9-7-13)23-17(27)5-4-12-22/h6-11H,4-5,12H2,1-3H3,(H,23,27)(H,25,26,28). The van der Waals surface area contributed by atoms with Crippen LogP contribution in [0.4, 0.5) is 15.6 Å². The summed E-state index contributed by atoms with van der Waals surface area (Å²) in [6, 6.07) is 11.2. The third-order valence-corrected chi connectivity index (χ3v) is 5.01. The Morgan fingerprint density at radius 2 is 1.80 bits per heavy atom. The number of carbonyl (C=O) groups excluding carboxylic acids is 2. The second-order valence-electron chi connectivity index (χ2n) is 7.58. The predicted molar refractivity (Wildman–Crippen MR) is 121 cm³/mol. The predicted octanol–water partition coefficient (Wildman–Crippen LogP) is 5.66. The lowest BCUT2D eigenvalue weighted by Crippen LogP contribution is -2.27. The number of ether oxygens (including phenoxy) is 1. The van der Waals surface area contributed by atoms with Gasteiger partial charge in [-0.25, -0.2) is 14.8 Å². The van der Waals surface area contributed by atoms with E-state index in [2.05, 4.69) is 20.6 Å². The van der Waals surface area contributed by atoms with Crippen LogP contribution in [0, 0.1) is 0 Å². The Kier molecular flexibility index (Phi) is 6.89. The van der Waals surface area contributed by atoms with Crippen molar-refractivity contribution in [3.63, 3.8) is 0 Å². The number of halogens is 1. The molecule has 30 heavy (non-hydrogen) atoms. The molecule has 9 heteroatoms. The average Bonchev–Trinajstić information content (AvgIpc) is 3.06. The van der Waals surface area contributed by atoms with Gasteiger partial charge in [0.2, 0.25) is 5.91 Å². The molecule has 0 unspecified atom stereocenters. The van der Waals surface area contributed by atoms with E-state index in [0.29, 0.717) is 34.2 Å². The van der Waals surface area contributed by atoms with E-state index in [1.807, 2.05) is 36.4 Å². The first-order valence-corrected chi connectivity index (χ1v) is 10.8. The van der Waals surface area contributed by atoms with Gasteiger partial charge in [0, 0.05) is 23.6 Å². The van der Waals surface area contributed by atoms with Crippen molar-refractivity contribution in [3.8, 4) is 11.3 Å². The number of anilines is 2. The van der Waals surface area contributed by atoms with Crippen molar-refractivity contribution in [1.29, 1.82) is 0 Å². The summed E-state index contributed by atoms with van der Waals surface area (Å²) in [5.74, 6) is 0.408. The Hall–Kier alpha value is -2.71. The molecule has 0 saturated heterocycles. The molecular weight excluding hydrogens is 424 g/mol. The highest BCUT2D eigenvalue weighted by atomic mass is 35.5. The number of benzene rings is 1. The third kappa shape index (κ3) is 6.14. The number of pyridine rings is 1. The number of amides is 2. The molecule has 0 spiro atoms. The Labute approximate surface area is 183 Å². The van der Waals surface area contributed by atoms with Crippen LogP contribution in [0.15, 0.2) is 36.4 Å². The van der Waals surface area contributed by atoms with E-state index < -0.39 is 11.7 Å². The van der Waals surface area contributed by atoms with E-state index in [4.69, 9.17) is 16.3 Å².